The van der Waals surface area contributed by atoms with E-state index in [4.69, 9.17) is 0 Å². The average molecular weight is 379 g/mol. The van der Waals surface area contributed by atoms with E-state index in [1.165, 1.54) is 42.5 Å². The summed E-state index contributed by atoms with van der Waals surface area (Å²) in [5.41, 5.74) is 3.14. The van der Waals surface area contributed by atoms with Gasteiger partial charge < -0.3 is 5.32 Å². The van der Waals surface area contributed by atoms with E-state index in [1.807, 2.05) is 0 Å². The third kappa shape index (κ3) is 3.00. The number of benzene rings is 1. The molecule has 18 heavy (non-hydrogen) atoms. The van der Waals surface area contributed by atoms with Gasteiger partial charge in [0.2, 0.25) is 0 Å². The first-order valence-corrected chi connectivity index (χ1v) is 7.63. The van der Waals surface area contributed by atoms with Crippen molar-refractivity contribution in [3.8, 4) is 0 Å². The molecule has 1 aromatic carbocycles. The molecule has 1 saturated heterocycles. The van der Waals surface area contributed by atoms with Gasteiger partial charge in [0.25, 0.3) is 0 Å². The van der Waals surface area contributed by atoms with Crippen LogP contribution in [0.25, 0.3) is 0 Å². The zero-order valence-corrected chi connectivity index (χ0v) is 13.5. The van der Waals surface area contributed by atoms with Crippen molar-refractivity contribution in [3.63, 3.8) is 0 Å². The fourth-order valence-corrected chi connectivity index (χ4v) is 3.87. The van der Waals surface area contributed by atoms with Gasteiger partial charge in [-0.2, -0.15) is 0 Å². The second kappa shape index (κ2) is 6.55. The summed E-state index contributed by atoms with van der Waals surface area (Å²) in [7, 11) is 0. The highest BCUT2D eigenvalue weighted by Crippen LogP contribution is 2.26. The fraction of sp³-hybridized carbons (Fsp3) is 0.571. The molecule has 0 saturated carbocycles. The summed E-state index contributed by atoms with van der Waals surface area (Å²) >= 11 is 2.47. The van der Waals surface area contributed by atoms with Crippen LogP contribution in [0.3, 0.4) is 0 Å². The van der Waals surface area contributed by atoms with Gasteiger partial charge in [0.1, 0.15) is 0 Å². The molecule has 0 bridgehead atoms. The second-order valence-corrected chi connectivity index (χ2v) is 6.26. The van der Waals surface area contributed by atoms with Crippen molar-refractivity contribution in [3.05, 3.63) is 32.9 Å². The zero-order chi connectivity index (χ0) is 11.7. The third-order valence-electron chi connectivity index (χ3n) is 4.03. The van der Waals surface area contributed by atoms with E-state index in [9.17, 15) is 0 Å². The SMILES string of the molecule is Cl.Ic1cccc2c1CCN(C1CCCNC1)C2. The van der Waals surface area contributed by atoms with Gasteiger partial charge in [0, 0.05) is 29.2 Å². The Kier molecular flexibility index (Phi) is 5.30. The minimum absolute atomic E-state index is 0. The molecule has 0 spiro atoms. The second-order valence-electron chi connectivity index (χ2n) is 5.10. The summed E-state index contributed by atoms with van der Waals surface area (Å²) < 4.78 is 1.45. The number of nitrogens with zero attached hydrogens (tertiary/aromatic N) is 1. The predicted molar refractivity (Wildman–Crippen MR) is 86.4 cm³/mol. The van der Waals surface area contributed by atoms with Crippen molar-refractivity contribution in [2.24, 2.45) is 0 Å². The molecule has 0 amide bonds. The Bertz CT molecular complexity index is 405. The maximum absolute atomic E-state index is 3.52. The van der Waals surface area contributed by atoms with Gasteiger partial charge in [-0.25, -0.2) is 0 Å². The quantitative estimate of drug-likeness (QED) is 0.756. The number of nitrogens with one attached hydrogen (secondary N) is 1. The molecule has 2 nitrogen and oxygen atoms in total. The summed E-state index contributed by atoms with van der Waals surface area (Å²) in [6.07, 6.45) is 3.93. The van der Waals surface area contributed by atoms with Gasteiger partial charge in [-0.15, -0.1) is 12.4 Å². The summed E-state index contributed by atoms with van der Waals surface area (Å²) in [6.45, 7) is 4.77. The minimum Gasteiger partial charge on any atom is -0.315 e. The van der Waals surface area contributed by atoms with Gasteiger partial charge in [0.15, 0.2) is 0 Å². The topological polar surface area (TPSA) is 15.3 Å². The Labute approximate surface area is 129 Å². The van der Waals surface area contributed by atoms with E-state index in [0.717, 1.165) is 12.6 Å². The Hall–Kier alpha value is 0.160. The van der Waals surface area contributed by atoms with Crippen LogP contribution < -0.4 is 5.32 Å². The summed E-state index contributed by atoms with van der Waals surface area (Å²) in [5, 5.41) is 3.52. The van der Waals surface area contributed by atoms with Crippen LogP contribution >= 0.6 is 35.0 Å². The summed E-state index contributed by atoms with van der Waals surface area (Å²) in [6, 6.07) is 7.50. The molecule has 100 valence electrons. The maximum Gasteiger partial charge on any atom is 0.0240 e. The lowest BCUT2D eigenvalue weighted by atomic mass is 9.96. The van der Waals surface area contributed by atoms with E-state index in [0.29, 0.717) is 0 Å². The minimum atomic E-state index is 0. The van der Waals surface area contributed by atoms with E-state index in [1.54, 1.807) is 11.1 Å². The molecule has 2 aliphatic heterocycles. The van der Waals surface area contributed by atoms with Crippen LogP contribution in [0.5, 0.6) is 0 Å². The summed E-state index contributed by atoms with van der Waals surface area (Å²) in [5.74, 6) is 0. The highest BCUT2D eigenvalue weighted by atomic mass is 127. The van der Waals surface area contributed by atoms with Gasteiger partial charge >= 0.3 is 0 Å². The lowest BCUT2D eigenvalue weighted by Gasteiger charge is -2.38. The molecular weight excluding hydrogens is 359 g/mol. The maximum atomic E-state index is 3.52. The van der Waals surface area contributed by atoms with Crippen molar-refractivity contribution < 1.29 is 0 Å². The van der Waals surface area contributed by atoms with Gasteiger partial charge in [-0.3, -0.25) is 4.90 Å². The monoisotopic (exact) mass is 378 g/mol. The molecule has 0 aliphatic carbocycles. The Balaban J connectivity index is 0.00000120. The third-order valence-corrected chi connectivity index (χ3v) is 5.04. The van der Waals surface area contributed by atoms with Crippen molar-refractivity contribution >= 4 is 35.0 Å². The van der Waals surface area contributed by atoms with Gasteiger partial charge in [-0.1, -0.05) is 12.1 Å². The lowest BCUT2D eigenvalue weighted by molar-refractivity contribution is 0.150. The van der Waals surface area contributed by atoms with Crippen LogP contribution in [-0.4, -0.2) is 30.6 Å². The highest BCUT2D eigenvalue weighted by Gasteiger charge is 2.25. The van der Waals surface area contributed by atoms with E-state index < -0.39 is 0 Å². The largest absolute Gasteiger partial charge is 0.315 e. The standard InChI is InChI=1S/C14H19IN2.ClH/c15-14-5-1-3-11-10-17(8-6-13(11)14)12-4-2-7-16-9-12;/h1,3,5,12,16H,2,4,6-10H2;1H. The first-order chi connectivity index (χ1) is 8.34. The van der Waals surface area contributed by atoms with Gasteiger partial charge in [0.05, 0.1) is 0 Å². The van der Waals surface area contributed by atoms with Crippen molar-refractivity contribution in [1.82, 2.24) is 10.2 Å². The molecule has 1 N–H and O–H groups in total. The molecule has 2 heterocycles. The van der Waals surface area contributed by atoms with Crippen LogP contribution in [0.1, 0.15) is 24.0 Å². The molecule has 0 radical (unpaired) electrons. The fourth-order valence-electron chi connectivity index (χ4n) is 3.04. The molecule has 1 aromatic rings. The van der Waals surface area contributed by atoms with Crippen LogP contribution in [0.15, 0.2) is 18.2 Å². The summed E-state index contributed by atoms with van der Waals surface area (Å²) in [4.78, 5) is 2.67. The molecule has 3 rings (SSSR count). The van der Waals surface area contributed by atoms with Crippen molar-refractivity contribution in [2.75, 3.05) is 19.6 Å². The number of rotatable bonds is 1. The Morgan fingerprint density at radius 2 is 2.22 bits per heavy atom. The normalized spacial score (nSPS) is 24.2. The van der Waals surface area contributed by atoms with Crippen molar-refractivity contribution in [2.45, 2.75) is 31.8 Å². The van der Waals surface area contributed by atoms with Crippen LogP contribution in [0.2, 0.25) is 0 Å². The first kappa shape index (κ1) is 14.6. The Morgan fingerprint density at radius 3 is 3.00 bits per heavy atom. The number of piperidine rings is 1. The predicted octanol–water partition coefficient (Wildman–Crippen LogP) is 2.82. The van der Waals surface area contributed by atoms with Crippen LogP contribution in [-0.2, 0) is 13.0 Å². The molecular formula is C14H20ClIN2. The zero-order valence-electron chi connectivity index (χ0n) is 10.5. The van der Waals surface area contributed by atoms with E-state index in [-0.39, 0.29) is 12.4 Å². The molecule has 0 aromatic heterocycles. The molecule has 1 unspecified atom stereocenters. The molecule has 1 atom stereocenters. The number of halogens is 2. The average Bonchev–Trinajstić information content (AvgIpc) is 2.40. The lowest BCUT2D eigenvalue weighted by Crippen LogP contribution is -2.47. The molecule has 1 fully saturated rings. The van der Waals surface area contributed by atoms with Crippen molar-refractivity contribution in [1.29, 1.82) is 0 Å². The number of fused-ring (bicyclic) bond motifs is 1. The van der Waals surface area contributed by atoms with E-state index >= 15 is 0 Å². The van der Waals surface area contributed by atoms with E-state index in [2.05, 4.69) is 51.0 Å². The first-order valence-electron chi connectivity index (χ1n) is 6.55. The smallest absolute Gasteiger partial charge is 0.0240 e. The molecule has 4 heteroatoms. The Morgan fingerprint density at radius 1 is 1.33 bits per heavy atom. The molecule has 2 aliphatic rings. The van der Waals surface area contributed by atoms with Gasteiger partial charge in [-0.05, 0) is 65.6 Å². The number of hydrogen-bond donors (Lipinski definition) is 1. The van der Waals surface area contributed by atoms with Crippen LogP contribution in [0, 0.1) is 3.57 Å². The highest BCUT2D eigenvalue weighted by molar-refractivity contribution is 14.1. The number of hydrogen-bond acceptors (Lipinski definition) is 2. The van der Waals surface area contributed by atoms with Crippen LogP contribution in [0.4, 0.5) is 0 Å².